The topological polar surface area (TPSA) is 55.6 Å². The van der Waals surface area contributed by atoms with Crippen molar-refractivity contribution in [1.82, 2.24) is 20.2 Å². The minimum atomic E-state index is 0.631. The van der Waals surface area contributed by atoms with E-state index in [-0.39, 0.29) is 0 Å². The molecule has 1 N–H and O–H groups in total. The van der Waals surface area contributed by atoms with Crippen LogP contribution in [0.25, 0.3) is 11.4 Å². The minimum Gasteiger partial charge on any atom is -0.383 e. The van der Waals surface area contributed by atoms with E-state index < -0.39 is 0 Å². The van der Waals surface area contributed by atoms with Gasteiger partial charge in [-0.05, 0) is 23.4 Å². The summed E-state index contributed by atoms with van der Waals surface area (Å²) in [5.74, 6) is 0.637. The molecule has 0 atom stereocenters. The largest absolute Gasteiger partial charge is 0.383 e. The molecule has 1 aromatic heterocycles. The molecule has 3 aromatic rings. The minimum absolute atomic E-state index is 0.631. The van der Waals surface area contributed by atoms with Gasteiger partial charge in [-0.15, -0.1) is 10.2 Å². The lowest BCUT2D eigenvalue weighted by Gasteiger charge is -2.05. The molecule has 0 bridgehead atoms. The molecule has 0 fully saturated rings. The van der Waals surface area contributed by atoms with E-state index in [4.69, 9.17) is 11.6 Å². The Kier molecular flexibility index (Phi) is 4.12. The Hall–Kier alpha value is -2.40. The quantitative estimate of drug-likeness (QED) is 0.786. The fourth-order valence-electron chi connectivity index (χ4n) is 1.94. The molecule has 1 heterocycles. The predicted molar refractivity (Wildman–Crippen MR) is 83.2 cm³/mol. The standard InChI is InChI=1S/C15H14ClN5/c16-13-7-4-8-14(11-13)17-9-10-21-19-15(18-20-21)12-5-2-1-3-6-12/h1-8,11,17H,9-10H2. The first-order valence-electron chi connectivity index (χ1n) is 6.64. The van der Waals surface area contributed by atoms with E-state index >= 15 is 0 Å². The number of tetrazole rings is 1. The van der Waals surface area contributed by atoms with Crippen molar-refractivity contribution < 1.29 is 0 Å². The Balaban J connectivity index is 1.58. The smallest absolute Gasteiger partial charge is 0.204 e. The third kappa shape index (κ3) is 3.58. The van der Waals surface area contributed by atoms with Crippen molar-refractivity contribution in [3.63, 3.8) is 0 Å². The SMILES string of the molecule is Clc1cccc(NCCn2nnc(-c3ccccc3)n2)c1. The van der Waals surface area contributed by atoms with Gasteiger partial charge >= 0.3 is 0 Å². The van der Waals surface area contributed by atoms with Gasteiger partial charge in [0.15, 0.2) is 0 Å². The van der Waals surface area contributed by atoms with Gasteiger partial charge in [0.25, 0.3) is 0 Å². The Morgan fingerprint density at radius 3 is 2.71 bits per heavy atom. The van der Waals surface area contributed by atoms with Gasteiger partial charge in [-0.3, -0.25) is 0 Å². The first-order chi connectivity index (χ1) is 10.3. The second-order valence-corrected chi connectivity index (χ2v) is 4.95. The van der Waals surface area contributed by atoms with Crippen molar-refractivity contribution in [2.45, 2.75) is 6.54 Å². The molecule has 21 heavy (non-hydrogen) atoms. The normalized spacial score (nSPS) is 10.5. The number of nitrogens with zero attached hydrogens (tertiary/aromatic N) is 4. The summed E-state index contributed by atoms with van der Waals surface area (Å²) in [6.45, 7) is 1.33. The van der Waals surface area contributed by atoms with Gasteiger partial charge in [-0.25, -0.2) is 0 Å². The number of rotatable bonds is 5. The van der Waals surface area contributed by atoms with Crippen LogP contribution >= 0.6 is 11.6 Å². The zero-order chi connectivity index (χ0) is 14.5. The fourth-order valence-corrected chi connectivity index (χ4v) is 2.13. The lowest BCUT2D eigenvalue weighted by Crippen LogP contribution is -2.12. The lowest BCUT2D eigenvalue weighted by molar-refractivity contribution is 0.539. The van der Waals surface area contributed by atoms with Gasteiger partial charge in [0.05, 0.1) is 6.54 Å². The van der Waals surface area contributed by atoms with Gasteiger partial charge in [0, 0.05) is 22.8 Å². The second-order valence-electron chi connectivity index (χ2n) is 4.51. The van der Waals surface area contributed by atoms with Crippen LogP contribution in [0.5, 0.6) is 0 Å². The van der Waals surface area contributed by atoms with Crippen molar-refractivity contribution in [2.24, 2.45) is 0 Å². The molecule has 3 rings (SSSR count). The molecule has 6 heteroatoms. The lowest BCUT2D eigenvalue weighted by atomic mass is 10.2. The Morgan fingerprint density at radius 1 is 1.05 bits per heavy atom. The van der Waals surface area contributed by atoms with Crippen LogP contribution in [0.1, 0.15) is 0 Å². The predicted octanol–water partition coefficient (Wildman–Crippen LogP) is 3.11. The number of hydrogen-bond donors (Lipinski definition) is 1. The third-order valence-electron chi connectivity index (χ3n) is 2.95. The van der Waals surface area contributed by atoms with E-state index in [9.17, 15) is 0 Å². The number of hydrogen-bond acceptors (Lipinski definition) is 4. The highest BCUT2D eigenvalue weighted by Crippen LogP contribution is 2.14. The summed E-state index contributed by atoms with van der Waals surface area (Å²) in [4.78, 5) is 1.58. The maximum absolute atomic E-state index is 5.93. The number of anilines is 1. The Labute approximate surface area is 127 Å². The maximum Gasteiger partial charge on any atom is 0.204 e. The monoisotopic (exact) mass is 299 g/mol. The highest BCUT2D eigenvalue weighted by Gasteiger charge is 2.04. The summed E-state index contributed by atoms with van der Waals surface area (Å²) >= 11 is 5.93. The molecule has 0 amide bonds. The molecule has 0 aliphatic rings. The summed E-state index contributed by atoms with van der Waals surface area (Å²) in [5, 5.41) is 16.5. The fraction of sp³-hybridized carbons (Fsp3) is 0.133. The van der Waals surface area contributed by atoms with Crippen LogP contribution in [0.2, 0.25) is 5.02 Å². The highest BCUT2D eigenvalue weighted by atomic mass is 35.5. The van der Waals surface area contributed by atoms with Gasteiger partial charge in [0.2, 0.25) is 5.82 Å². The Morgan fingerprint density at radius 2 is 1.90 bits per heavy atom. The van der Waals surface area contributed by atoms with Crippen LogP contribution in [0, 0.1) is 0 Å². The average Bonchev–Trinajstić information content (AvgIpc) is 2.97. The molecule has 0 radical (unpaired) electrons. The van der Waals surface area contributed by atoms with Crippen molar-refractivity contribution in [2.75, 3.05) is 11.9 Å². The second kappa shape index (κ2) is 6.37. The molecule has 0 spiro atoms. The van der Waals surface area contributed by atoms with Gasteiger partial charge < -0.3 is 5.32 Å². The first-order valence-corrected chi connectivity index (χ1v) is 7.02. The maximum atomic E-state index is 5.93. The average molecular weight is 300 g/mol. The van der Waals surface area contributed by atoms with Crippen LogP contribution in [0.3, 0.4) is 0 Å². The molecular weight excluding hydrogens is 286 g/mol. The molecule has 0 aliphatic carbocycles. The van der Waals surface area contributed by atoms with E-state index in [2.05, 4.69) is 20.7 Å². The van der Waals surface area contributed by atoms with Crippen LogP contribution in [0.4, 0.5) is 5.69 Å². The van der Waals surface area contributed by atoms with E-state index in [1.54, 1.807) is 4.80 Å². The molecule has 2 aromatic carbocycles. The summed E-state index contributed by atoms with van der Waals surface area (Å²) in [6, 6.07) is 17.4. The van der Waals surface area contributed by atoms with E-state index in [1.165, 1.54) is 0 Å². The molecular formula is C15H14ClN5. The summed E-state index contributed by atoms with van der Waals surface area (Å²) < 4.78 is 0. The zero-order valence-electron chi connectivity index (χ0n) is 11.3. The number of nitrogens with one attached hydrogen (secondary N) is 1. The van der Waals surface area contributed by atoms with Crippen LogP contribution in [-0.4, -0.2) is 26.8 Å². The molecule has 5 nitrogen and oxygen atoms in total. The molecule has 0 saturated carbocycles. The van der Waals surface area contributed by atoms with Gasteiger partial charge in [-0.2, -0.15) is 4.80 Å². The molecule has 0 aliphatic heterocycles. The van der Waals surface area contributed by atoms with E-state index in [0.717, 1.165) is 11.3 Å². The van der Waals surface area contributed by atoms with Gasteiger partial charge in [0.1, 0.15) is 0 Å². The van der Waals surface area contributed by atoms with E-state index in [0.29, 0.717) is 23.9 Å². The van der Waals surface area contributed by atoms with Crippen LogP contribution in [0.15, 0.2) is 54.6 Å². The molecule has 106 valence electrons. The molecule has 0 saturated heterocycles. The molecule has 0 unspecified atom stereocenters. The number of halogens is 1. The summed E-state index contributed by atoms with van der Waals surface area (Å²) in [7, 11) is 0. The first kappa shape index (κ1) is 13.6. The Bertz CT molecular complexity index is 711. The van der Waals surface area contributed by atoms with Crippen molar-refractivity contribution in [3.8, 4) is 11.4 Å². The van der Waals surface area contributed by atoms with Crippen LogP contribution in [-0.2, 0) is 6.54 Å². The van der Waals surface area contributed by atoms with Gasteiger partial charge in [-0.1, -0.05) is 48.0 Å². The van der Waals surface area contributed by atoms with Crippen molar-refractivity contribution in [3.05, 3.63) is 59.6 Å². The zero-order valence-corrected chi connectivity index (χ0v) is 12.0. The van der Waals surface area contributed by atoms with E-state index in [1.807, 2.05) is 54.6 Å². The summed E-state index contributed by atoms with van der Waals surface area (Å²) in [6.07, 6.45) is 0. The van der Waals surface area contributed by atoms with Crippen molar-refractivity contribution >= 4 is 17.3 Å². The summed E-state index contributed by atoms with van der Waals surface area (Å²) in [5.41, 5.74) is 1.94. The van der Waals surface area contributed by atoms with Crippen LogP contribution < -0.4 is 5.32 Å². The number of benzene rings is 2. The third-order valence-corrected chi connectivity index (χ3v) is 3.19. The van der Waals surface area contributed by atoms with Crippen molar-refractivity contribution in [1.29, 1.82) is 0 Å². The number of aromatic nitrogens is 4. The highest BCUT2D eigenvalue weighted by molar-refractivity contribution is 6.30.